The highest BCUT2D eigenvalue weighted by molar-refractivity contribution is 7.92. The maximum Gasteiger partial charge on any atom is 0.264 e. The topological polar surface area (TPSA) is 96.5 Å². The van der Waals surface area contributed by atoms with Crippen molar-refractivity contribution < 1.29 is 27.5 Å². The number of sulfonamides is 1. The Morgan fingerprint density at radius 1 is 1.00 bits per heavy atom. The number of carbonyl (C=O) groups excluding carboxylic acids is 2. The van der Waals surface area contributed by atoms with E-state index < -0.39 is 16.6 Å². The Balaban J connectivity index is 1.95. The van der Waals surface area contributed by atoms with Crippen LogP contribution < -0.4 is 13.8 Å². The van der Waals surface area contributed by atoms with Crippen LogP contribution in [0.1, 0.15) is 0 Å². The van der Waals surface area contributed by atoms with Crippen LogP contribution in [-0.2, 0) is 19.6 Å². The first-order chi connectivity index (χ1) is 14.9. The van der Waals surface area contributed by atoms with Gasteiger partial charge in [-0.15, -0.1) is 0 Å². The Morgan fingerprint density at radius 3 is 2.23 bits per heavy atom. The lowest BCUT2D eigenvalue weighted by Crippen LogP contribution is -2.51. The second-order valence-electron chi connectivity index (χ2n) is 6.88. The fraction of sp³-hybridized carbons (Fsp3) is 0.333. The molecule has 1 aliphatic heterocycles. The van der Waals surface area contributed by atoms with Crippen molar-refractivity contribution in [3.8, 4) is 11.5 Å². The molecule has 3 rings (SSSR count). The van der Waals surface area contributed by atoms with E-state index in [-0.39, 0.29) is 16.5 Å². The van der Waals surface area contributed by atoms with Gasteiger partial charge in [0.05, 0.1) is 24.8 Å². The number of rotatable bonds is 8. The number of hydrogen-bond acceptors (Lipinski definition) is 6. The minimum Gasteiger partial charge on any atom is -0.497 e. The molecule has 0 aromatic heterocycles. The van der Waals surface area contributed by atoms with Crippen LogP contribution in [0.4, 0.5) is 5.69 Å². The lowest BCUT2D eigenvalue weighted by atomic mass is 10.3. The first-order valence-electron chi connectivity index (χ1n) is 9.67. The molecule has 1 fully saturated rings. The van der Waals surface area contributed by atoms with Crippen LogP contribution in [0.25, 0.3) is 0 Å². The largest absolute Gasteiger partial charge is 0.497 e. The second-order valence-corrected chi connectivity index (χ2v) is 8.74. The van der Waals surface area contributed by atoms with Gasteiger partial charge >= 0.3 is 0 Å². The highest BCUT2D eigenvalue weighted by Gasteiger charge is 2.31. The predicted molar refractivity (Wildman–Crippen MR) is 115 cm³/mol. The molecule has 10 heteroatoms. The Morgan fingerprint density at radius 2 is 1.65 bits per heavy atom. The molecule has 0 bridgehead atoms. The van der Waals surface area contributed by atoms with Crippen molar-refractivity contribution in [1.29, 1.82) is 0 Å². The zero-order valence-electron chi connectivity index (χ0n) is 17.4. The number of benzene rings is 2. The second kappa shape index (κ2) is 9.69. The zero-order valence-corrected chi connectivity index (χ0v) is 18.2. The van der Waals surface area contributed by atoms with E-state index in [1.165, 1.54) is 26.4 Å². The quantitative estimate of drug-likeness (QED) is 0.564. The zero-order chi connectivity index (χ0) is 22.4. The molecule has 0 unspecified atom stereocenters. The molecule has 1 saturated heterocycles. The van der Waals surface area contributed by atoms with E-state index >= 15 is 0 Å². The van der Waals surface area contributed by atoms with Crippen molar-refractivity contribution in [3.05, 3.63) is 48.5 Å². The smallest absolute Gasteiger partial charge is 0.264 e. The molecule has 0 N–H and O–H groups in total. The predicted octanol–water partition coefficient (Wildman–Crippen LogP) is 1.20. The Bertz CT molecular complexity index is 1020. The van der Waals surface area contributed by atoms with Crippen LogP contribution >= 0.6 is 0 Å². The lowest BCUT2D eigenvalue weighted by molar-refractivity contribution is -0.133. The fourth-order valence-corrected chi connectivity index (χ4v) is 4.73. The van der Waals surface area contributed by atoms with Gasteiger partial charge in [0.25, 0.3) is 10.0 Å². The van der Waals surface area contributed by atoms with Gasteiger partial charge in [0, 0.05) is 26.2 Å². The SMILES string of the molecule is COc1ccc(S(=O)(=O)N(CC(=O)N2CCN(C=O)CC2)c2ccccc2OC)cc1. The third kappa shape index (κ3) is 4.91. The van der Waals surface area contributed by atoms with Gasteiger partial charge in [0.2, 0.25) is 12.3 Å². The normalized spacial score (nSPS) is 14.1. The van der Waals surface area contributed by atoms with E-state index in [0.717, 1.165) is 10.7 Å². The van der Waals surface area contributed by atoms with Gasteiger partial charge in [-0.3, -0.25) is 13.9 Å². The third-order valence-electron chi connectivity index (χ3n) is 5.10. The molecule has 0 radical (unpaired) electrons. The van der Waals surface area contributed by atoms with Gasteiger partial charge in [0.15, 0.2) is 0 Å². The van der Waals surface area contributed by atoms with Crippen LogP contribution in [0.15, 0.2) is 53.4 Å². The molecule has 0 spiro atoms. The minimum atomic E-state index is -4.08. The number of nitrogens with zero attached hydrogens (tertiary/aromatic N) is 3. The summed E-state index contributed by atoms with van der Waals surface area (Å²) in [7, 11) is -1.14. The van der Waals surface area contributed by atoms with Gasteiger partial charge < -0.3 is 19.3 Å². The molecule has 2 aromatic rings. The van der Waals surface area contributed by atoms with Crippen molar-refractivity contribution in [2.24, 2.45) is 0 Å². The molecule has 1 heterocycles. The monoisotopic (exact) mass is 447 g/mol. The van der Waals surface area contributed by atoms with Crippen molar-refractivity contribution in [1.82, 2.24) is 9.80 Å². The highest BCUT2D eigenvalue weighted by atomic mass is 32.2. The van der Waals surface area contributed by atoms with Gasteiger partial charge in [-0.05, 0) is 36.4 Å². The Labute approximate surface area is 181 Å². The summed E-state index contributed by atoms with van der Waals surface area (Å²) in [6.07, 6.45) is 0.747. The Kier molecular flexibility index (Phi) is 7.01. The lowest BCUT2D eigenvalue weighted by Gasteiger charge is -2.34. The summed E-state index contributed by atoms with van der Waals surface area (Å²) in [6, 6.07) is 12.6. The van der Waals surface area contributed by atoms with Crippen molar-refractivity contribution in [2.45, 2.75) is 4.90 Å². The average molecular weight is 448 g/mol. The van der Waals surface area contributed by atoms with E-state index in [1.54, 1.807) is 46.2 Å². The maximum atomic E-state index is 13.5. The van der Waals surface area contributed by atoms with Gasteiger partial charge in [0.1, 0.15) is 18.0 Å². The molecule has 2 amide bonds. The minimum absolute atomic E-state index is 0.0257. The van der Waals surface area contributed by atoms with Crippen LogP contribution in [0.5, 0.6) is 11.5 Å². The molecule has 9 nitrogen and oxygen atoms in total. The van der Waals surface area contributed by atoms with E-state index in [9.17, 15) is 18.0 Å². The highest BCUT2D eigenvalue weighted by Crippen LogP contribution is 2.32. The molecule has 0 atom stereocenters. The summed E-state index contributed by atoms with van der Waals surface area (Å²) in [5, 5.41) is 0. The first-order valence-corrected chi connectivity index (χ1v) is 11.1. The number of piperazine rings is 1. The number of carbonyl (C=O) groups is 2. The van der Waals surface area contributed by atoms with Crippen molar-refractivity contribution in [3.63, 3.8) is 0 Å². The van der Waals surface area contributed by atoms with E-state index in [2.05, 4.69) is 0 Å². The van der Waals surface area contributed by atoms with Crippen LogP contribution in [0.2, 0.25) is 0 Å². The fourth-order valence-electron chi connectivity index (χ4n) is 3.31. The van der Waals surface area contributed by atoms with Gasteiger partial charge in [-0.25, -0.2) is 8.42 Å². The van der Waals surface area contributed by atoms with Crippen LogP contribution in [0.3, 0.4) is 0 Å². The van der Waals surface area contributed by atoms with Gasteiger partial charge in [-0.2, -0.15) is 0 Å². The van der Waals surface area contributed by atoms with E-state index in [0.29, 0.717) is 37.7 Å². The molecular weight excluding hydrogens is 422 g/mol. The average Bonchev–Trinajstić information content (AvgIpc) is 2.82. The third-order valence-corrected chi connectivity index (χ3v) is 6.87. The summed E-state index contributed by atoms with van der Waals surface area (Å²) in [4.78, 5) is 27.1. The van der Waals surface area contributed by atoms with Crippen LogP contribution in [-0.4, -0.2) is 77.5 Å². The summed E-state index contributed by atoms with van der Waals surface area (Å²) < 4.78 is 38.6. The molecule has 1 aliphatic rings. The molecule has 31 heavy (non-hydrogen) atoms. The number of amides is 2. The van der Waals surface area contributed by atoms with E-state index in [4.69, 9.17) is 9.47 Å². The molecule has 0 aliphatic carbocycles. The maximum absolute atomic E-state index is 13.5. The molecule has 0 saturated carbocycles. The first kappa shape index (κ1) is 22.4. The summed E-state index contributed by atoms with van der Waals surface area (Å²) in [5.74, 6) is 0.499. The number of methoxy groups -OCH3 is 2. The molecule has 166 valence electrons. The number of anilines is 1. The van der Waals surface area contributed by atoms with E-state index in [1.807, 2.05) is 0 Å². The summed E-state index contributed by atoms with van der Waals surface area (Å²) >= 11 is 0. The standard InChI is InChI=1S/C21H25N3O6S/c1-29-17-7-9-18(10-8-17)31(27,28)24(19-5-3-4-6-20(19)30-2)15-21(26)23-13-11-22(16-25)12-14-23/h3-10,16H,11-15H2,1-2H3. The van der Waals surface area contributed by atoms with Crippen molar-refractivity contribution in [2.75, 3.05) is 51.2 Å². The molecular formula is C21H25N3O6S. The number of hydrogen-bond donors (Lipinski definition) is 0. The Hall–Kier alpha value is -3.27. The summed E-state index contributed by atoms with van der Waals surface area (Å²) in [5.41, 5.74) is 0.265. The van der Waals surface area contributed by atoms with Crippen molar-refractivity contribution >= 4 is 28.0 Å². The van der Waals surface area contributed by atoms with Crippen LogP contribution in [0, 0.1) is 0 Å². The molecule has 2 aromatic carbocycles. The number of ether oxygens (including phenoxy) is 2. The van der Waals surface area contributed by atoms with Gasteiger partial charge in [-0.1, -0.05) is 12.1 Å². The summed E-state index contributed by atoms with van der Waals surface area (Å²) in [6.45, 7) is 1.12. The number of para-hydroxylation sites is 2.